The number of carbonyl (C=O) groups is 2. The number of rotatable bonds is 1. The number of aliphatic carboxylic acids is 2. The third-order valence-corrected chi connectivity index (χ3v) is 3.34. The Morgan fingerprint density at radius 1 is 1.23 bits per heavy atom. The molecule has 2 aromatic rings. The Balaban J connectivity index is 0.000000254. The van der Waals surface area contributed by atoms with Crippen molar-refractivity contribution in [3.05, 3.63) is 52.6 Å². The van der Waals surface area contributed by atoms with Crippen LogP contribution in [0.25, 0.3) is 11.6 Å². The summed E-state index contributed by atoms with van der Waals surface area (Å²) >= 11 is 5.98. The molecule has 3 N–H and O–H groups in total. The molecule has 6 nitrogen and oxygen atoms in total. The van der Waals surface area contributed by atoms with Gasteiger partial charge in [-0.3, -0.25) is 0 Å². The van der Waals surface area contributed by atoms with Crippen LogP contribution in [0.15, 0.2) is 30.7 Å². The number of allylic oxidation sites excluding steroid dienone is 1. The first-order valence-corrected chi connectivity index (χ1v) is 6.79. The van der Waals surface area contributed by atoms with Crippen LogP contribution >= 0.6 is 11.6 Å². The maximum Gasteiger partial charge on any atom is 0.414 e. The molecule has 1 aliphatic carbocycles. The van der Waals surface area contributed by atoms with Gasteiger partial charge < -0.3 is 15.2 Å². The Morgan fingerprint density at radius 3 is 2.55 bits per heavy atom. The minimum absolute atomic E-state index is 0.821. The first-order chi connectivity index (χ1) is 10.5. The summed E-state index contributed by atoms with van der Waals surface area (Å²) in [4.78, 5) is 25.3. The highest BCUT2D eigenvalue weighted by Crippen LogP contribution is 2.34. The zero-order valence-corrected chi connectivity index (χ0v) is 12.2. The average molecular weight is 321 g/mol. The lowest BCUT2D eigenvalue weighted by atomic mass is 10.1. The second-order valence-electron chi connectivity index (χ2n) is 4.59. The Hall–Kier alpha value is -2.60. The van der Waals surface area contributed by atoms with E-state index in [4.69, 9.17) is 31.4 Å². The van der Waals surface area contributed by atoms with Gasteiger partial charge in [-0.05, 0) is 47.8 Å². The van der Waals surface area contributed by atoms with E-state index in [1.165, 1.54) is 16.7 Å². The third kappa shape index (κ3) is 3.95. The summed E-state index contributed by atoms with van der Waals surface area (Å²) in [5.74, 6) is -3.65. The van der Waals surface area contributed by atoms with Gasteiger partial charge in [-0.2, -0.15) is 0 Å². The average Bonchev–Trinajstić information content (AvgIpc) is 3.10. The highest BCUT2D eigenvalue weighted by molar-refractivity contribution is 6.30. The quantitative estimate of drug-likeness (QED) is 0.701. The molecule has 0 amide bonds. The molecule has 1 aliphatic rings. The van der Waals surface area contributed by atoms with E-state index in [0.717, 1.165) is 23.6 Å². The molecule has 1 aromatic carbocycles. The zero-order chi connectivity index (χ0) is 16.1. The van der Waals surface area contributed by atoms with Crippen LogP contribution in [-0.4, -0.2) is 32.1 Å². The summed E-state index contributed by atoms with van der Waals surface area (Å²) in [6, 6.07) is 6.12. The number of nitrogens with zero attached hydrogens (tertiary/aromatic N) is 1. The fourth-order valence-electron chi connectivity index (χ4n) is 2.17. The van der Waals surface area contributed by atoms with Crippen LogP contribution in [-0.2, 0) is 16.0 Å². The van der Waals surface area contributed by atoms with Crippen LogP contribution in [0.5, 0.6) is 0 Å². The topological polar surface area (TPSA) is 103 Å². The van der Waals surface area contributed by atoms with E-state index in [-0.39, 0.29) is 0 Å². The molecule has 22 heavy (non-hydrogen) atoms. The lowest BCUT2D eigenvalue weighted by Gasteiger charge is -2.00. The molecule has 0 aliphatic heterocycles. The second kappa shape index (κ2) is 6.91. The van der Waals surface area contributed by atoms with Crippen molar-refractivity contribution in [2.45, 2.75) is 12.8 Å². The minimum atomic E-state index is -1.82. The van der Waals surface area contributed by atoms with Crippen LogP contribution in [0.3, 0.4) is 0 Å². The van der Waals surface area contributed by atoms with Crippen LogP contribution < -0.4 is 0 Å². The summed E-state index contributed by atoms with van der Waals surface area (Å²) in [6.45, 7) is 0. The molecule has 0 spiro atoms. The first-order valence-electron chi connectivity index (χ1n) is 6.41. The van der Waals surface area contributed by atoms with Gasteiger partial charge in [0.05, 0.1) is 18.2 Å². The number of hydrogen-bond donors (Lipinski definition) is 3. The SMILES string of the molecule is Clc1ccc2c(c1)CC/C2=C/c1cnc[nH]1.O=C(O)C(=O)O. The number of imidazole rings is 1. The lowest BCUT2D eigenvalue weighted by molar-refractivity contribution is -0.159. The number of carboxylic acids is 2. The van der Waals surface area contributed by atoms with Gasteiger partial charge in [0.15, 0.2) is 0 Å². The van der Waals surface area contributed by atoms with Gasteiger partial charge in [0.1, 0.15) is 0 Å². The Morgan fingerprint density at radius 2 is 1.95 bits per heavy atom. The molecular weight excluding hydrogens is 308 g/mol. The molecule has 0 saturated carbocycles. The molecule has 7 heteroatoms. The summed E-state index contributed by atoms with van der Waals surface area (Å²) in [5, 5.41) is 15.6. The zero-order valence-electron chi connectivity index (χ0n) is 11.4. The first kappa shape index (κ1) is 15.8. The number of carboxylic acid groups (broad SMARTS) is 2. The van der Waals surface area contributed by atoms with Crippen molar-refractivity contribution in [1.29, 1.82) is 0 Å². The van der Waals surface area contributed by atoms with Gasteiger partial charge in [-0.25, -0.2) is 14.6 Å². The molecule has 114 valence electrons. The van der Waals surface area contributed by atoms with E-state index >= 15 is 0 Å². The van der Waals surface area contributed by atoms with Crippen molar-refractivity contribution >= 4 is 35.2 Å². The fraction of sp³-hybridized carbons (Fsp3) is 0.133. The molecule has 1 heterocycles. The van der Waals surface area contributed by atoms with Gasteiger partial charge in [0, 0.05) is 5.02 Å². The number of fused-ring (bicyclic) bond motifs is 1. The number of hydrogen-bond acceptors (Lipinski definition) is 3. The van der Waals surface area contributed by atoms with Gasteiger partial charge in [0.2, 0.25) is 0 Å². The lowest BCUT2D eigenvalue weighted by Crippen LogP contribution is -2.09. The van der Waals surface area contributed by atoms with Crippen molar-refractivity contribution in [3.8, 4) is 0 Å². The molecule has 0 atom stereocenters. The Labute approximate surface area is 131 Å². The van der Waals surface area contributed by atoms with E-state index in [9.17, 15) is 0 Å². The van der Waals surface area contributed by atoms with E-state index in [1.54, 1.807) is 6.33 Å². The molecule has 0 fully saturated rings. The number of aromatic nitrogens is 2. The summed E-state index contributed by atoms with van der Waals surface area (Å²) in [7, 11) is 0. The van der Waals surface area contributed by atoms with Crippen molar-refractivity contribution in [2.75, 3.05) is 0 Å². The van der Waals surface area contributed by atoms with Crippen LogP contribution in [0, 0.1) is 0 Å². The molecular formula is C15H13ClN2O4. The number of H-pyrrole nitrogens is 1. The molecule has 0 radical (unpaired) electrons. The van der Waals surface area contributed by atoms with Gasteiger partial charge in [-0.15, -0.1) is 0 Å². The van der Waals surface area contributed by atoms with Crippen LogP contribution in [0.4, 0.5) is 0 Å². The third-order valence-electron chi connectivity index (χ3n) is 3.11. The number of halogens is 1. The predicted octanol–water partition coefficient (Wildman–Crippen LogP) is 2.71. The number of nitrogens with one attached hydrogen (secondary N) is 1. The highest BCUT2D eigenvalue weighted by atomic mass is 35.5. The minimum Gasteiger partial charge on any atom is -0.473 e. The van der Waals surface area contributed by atoms with E-state index in [0.29, 0.717) is 0 Å². The maximum absolute atomic E-state index is 9.10. The van der Waals surface area contributed by atoms with E-state index in [1.807, 2.05) is 12.3 Å². The van der Waals surface area contributed by atoms with Crippen LogP contribution in [0.1, 0.15) is 23.2 Å². The highest BCUT2D eigenvalue weighted by Gasteiger charge is 2.16. The largest absolute Gasteiger partial charge is 0.473 e. The molecule has 0 bridgehead atoms. The maximum atomic E-state index is 9.10. The summed E-state index contributed by atoms with van der Waals surface area (Å²) < 4.78 is 0. The second-order valence-corrected chi connectivity index (χ2v) is 5.02. The van der Waals surface area contributed by atoms with Gasteiger partial charge in [0.25, 0.3) is 0 Å². The van der Waals surface area contributed by atoms with E-state index < -0.39 is 11.9 Å². The fourth-order valence-corrected chi connectivity index (χ4v) is 2.36. The van der Waals surface area contributed by atoms with Crippen molar-refractivity contribution < 1.29 is 19.8 Å². The predicted molar refractivity (Wildman–Crippen MR) is 81.5 cm³/mol. The van der Waals surface area contributed by atoms with Crippen LogP contribution in [0.2, 0.25) is 5.02 Å². The summed E-state index contributed by atoms with van der Waals surface area (Å²) in [5.41, 5.74) is 5.07. The summed E-state index contributed by atoms with van der Waals surface area (Å²) in [6.07, 6.45) is 7.85. The molecule has 0 unspecified atom stereocenters. The van der Waals surface area contributed by atoms with E-state index in [2.05, 4.69) is 28.2 Å². The number of aryl methyl sites for hydroxylation is 1. The molecule has 0 saturated heterocycles. The smallest absolute Gasteiger partial charge is 0.414 e. The number of benzene rings is 1. The Kier molecular flexibility index (Phi) is 4.95. The van der Waals surface area contributed by atoms with Crippen molar-refractivity contribution in [2.24, 2.45) is 0 Å². The van der Waals surface area contributed by atoms with Crippen molar-refractivity contribution in [3.63, 3.8) is 0 Å². The normalized spacial score (nSPS) is 14.1. The molecule has 1 aromatic heterocycles. The molecule has 3 rings (SSSR count). The van der Waals surface area contributed by atoms with Gasteiger partial charge in [-0.1, -0.05) is 17.7 Å². The Bertz CT molecular complexity index is 711. The van der Waals surface area contributed by atoms with Gasteiger partial charge >= 0.3 is 11.9 Å². The van der Waals surface area contributed by atoms with Crippen molar-refractivity contribution in [1.82, 2.24) is 9.97 Å². The monoisotopic (exact) mass is 320 g/mol. The standard InChI is InChI=1S/C13H11ClN2.C2H2O4/c14-11-3-4-13-9(5-11)1-2-10(13)6-12-7-15-8-16-12;3-1(4)2(5)6/h3-8H,1-2H2,(H,15,16);(H,3,4)(H,5,6)/b10-6-;. The number of aromatic amines is 1.